The van der Waals surface area contributed by atoms with Gasteiger partial charge < -0.3 is 0 Å². The molecule has 2 aromatic carbocycles. The number of hydrogen-bond acceptors (Lipinski definition) is 2. The van der Waals surface area contributed by atoms with E-state index in [2.05, 4.69) is 29.2 Å². The summed E-state index contributed by atoms with van der Waals surface area (Å²) in [5.74, 6) is -1.70. The molecule has 142 valence electrons. The zero-order valence-corrected chi connectivity index (χ0v) is 15.6. The number of ketones is 1. The molecule has 2 saturated heterocycles. The second kappa shape index (κ2) is 7.51. The van der Waals surface area contributed by atoms with Gasteiger partial charge in [0.1, 0.15) is 5.78 Å². The maximum absolute atomic E-state index is 14.1. The van der Waals surface area contributed by atoms with Gasteiger partial charge in [0.05, 0.1) is 0 Å². The predicted octanol–water partition coefficient (Wildman–Crippen LogP) is 4.83. The highest BCUT2D eigenvalue weighted by molar-refractivity contribution is 5.83. The minimum Gasteiger partial charge on any atom is -0.299 e. The highest BCUT2D eigenvalue weighted by atomic mass is 19.2. The number of rotatable bonds is 5. The van der Waals surface area contributed by atoms with Crippen LogP contribution in [0.2, 0.25) is 0 Å². The quantitative estimate of drug-likeness (QED) is 0.752. The Morgan fingerprint density at radius 1 is 1.00 bits per heavy atom. The van der Waals surface area contributed by atoms with Crippen molar-refractivity contribution in [2.24, 2.45) is 5.92 Å². The van der Waals surface area contributed by atoms with Crippen LogP contribution in [0.1, 0.15) is 42.4 Å². The van der Waals surface area contributed by atoms with E-state index in [1.165, 1.54) is 12.5 Å². The highest BCUT2D eigenvalue weighted by Gasteiger charge is 2.42. The summed E-state index contributed by atoms with van der Waals surface area (Å²) >= 11 is 0. The number of aryl methyl sites for hydroxylation is 1. The van der Waals surface area contributed by atoms with Crippen LogP contribution in [-0.4, -0.2) is 22.8 Å². The maximum Gasteiger partial charge on any atom is 0.162 e. The number of piperidine rings is 1. The van der Waals surface area contributed by atoms with E-state index in [1.54, 1.807) is 12.1 Å². The van der Waals surface area contributed by atoms with Crippen molar-refractivity contribution in [3.05, 3.63) is 70.8 Å². The monoisotopic (exact) mass is 369 g/mol. The van der Waals surface area contributed by atoms with Crippen LogP contribution in [-0.2, 0) is 17.8 Å². The van der Waals surface area contributed by atoms with Gasteiger partial charge in [-0.1, -0.05) is 42.5 Å². The average molecular weight is 369 g/mol. The van der Waals surface area contributed by atoms with Gasteiger partial charge in [-0.2, -0.15) is 0 Å². The molecule has 2 fully saturated rings. The first-order valence-electron chi connectivity index (χ1n) is 9.78. The van der Waals surface area contributed by atoms with Gasteiger partial charge in [-0.3, -0.25) is 9.69 Å². The summed E-state index contributed by atoms with van der Waals surface area (Å²) in [5.41, 5.74) is 1.76. The fourth-order valence-corrected chi connectivity index (χ4v) is 4.74. The number of halogens is 2. The van der Waals surface area contributed by atoms with Crippen molar-refractivity contribution in [1.82, 2.24) is 4.90 Å². The summed E-state index contributed by atoms with van der Waals surface area (Å²) < 4.78 is 27.9. The Kier molecular flexibility index (Phi) is 5.09. The molecule has 2 aromatic rings. The number of benzene rings is 2. The lowest BCUT2D eigenvalue weighted by Gasteiger charge is -2.38. The Labute approximate surface area is 159 Å². The first-order valence-corrected chi connectivity index (χ1v) is 9.78. The fourth-order valence-electron chi connectivity index (χ4n) is 4.74. The van der Waals surface area contributed by atoms with Crippen LogP contribution in [0.3, 0.4) is 0 Å². The maximum atomic E-state index is 14.1. The Bertz CT molecular complexity index is 822. The molecule has 2 bridgehead atoms. The van der Waals surface area contributed by atoms with E-state index in [-0.39, 0.29) is 29.2 Å². The highest BCUT2D eigenvalue weighted by Crippen LogP contribution is 2.40. The molecule has 2 heterocycles. The van der Waals surface area contributed by atoms with Crippen molar-refractivity contribution in [1.29, 1.82) is 0 Å². The molecule has 27 heavy (non-hydrogen) atoms. The van der Waals surface area contributed by atoms with Gasteiger partial charge in [0.15, 0.2) is 11.6 Å². The van der Waals surface area contributed by atoms with Crippen LogP contribution >= 0.6 is 0 Å². The molecule has 0 spiro atoms. The minimum atomic E-state index is -0.868. The normalized spacial score (nSPS) is 24.9. The number of carbonyl (C=O) groups is 1. The SMILES string of the molecule is Cc1ccc(CC(=O)C2CC3CCC(C2)N3Cc2ccccc2)c(F)c1F. The Balaban J connectivity index is 1.42. The molecule has 0 radical (unpaired) electrons. The van der Waals surface area contributed by atoms with Gasteiger partial charge in [0, 0.05) is 31.0 Å². The Hall–Kier alpha value is -2.07. The molecule has 0 N–H and O–H groups in total. The molecule has 2 unspecified atom stereocenters. The lowest BCUT2D eigenvalue weighted by atomic mass is 9.84. The number of Topliss-reactive ketones (excluding diaryl/α,β-unsaturated/α-hetero) is 1. The summed E-state index contributed by atoms with van der Waals surface area (Å²) in [5, 5.41) is 0. The van der Waals surface area contributed by atoms with Gasteiger partial charge in [-0.25, -0.2) is 8.78 Å². The van der Waals surface area contributed by atoms with E-state index < -0.39 is 11.6 Å². The third-order valence-electron chi connectivity index (χ3n) is 6.27. The molecule has 2 atom stereocenters. The number of carbonyl (C=O) groups excluding carboxylic acids is 1. The summed E-state index contributed by atoms with van der Waals surface area (Å²) in [4.78, 5) is 15.3. The first kappa shape index (κ1) is 18.3. The van der Waals surface area contributed by atoms with E-state index in [1.807, 2.05) is 6.07 Å². The van der Waals surface area contributed by atoms with Crippen LogP contribution in [0.25, 0.3) is 0 Å². The van der Waals surface area contributed by atoms with Crippen LogP contribution in [0, 0.1) is 24.5 Å². The summed E-state index contributed by atoms with van der Waals surface area (Å²) in [6, 6.07) is 14.4. The molecule has 0 aliphatic carbocycles. The molecule has 0 amide bonds. The van der Waals surface area contributed by atoms with Crippen LogP contribution in [0.5, 0.6) is 0 Å². The molecule has 4 heteroatoms. The van der Waals surface area contributed by atoms with Gasteiger partial charge in [0.25, 0.3) is 0 Å². The summed E-state index contributed by atoms with van der Waals surface area (Å²) in [6.07, 6.45) is 3.89. The minimum absolute atomic E-state index is 0.00811. The largest absolute Gasteiger partial charge is 0.299 e. The van der Waals surface area contributed by atoms with Gasteiger partial charge in [0.2, 0.25) is 0 Å². The lowest BCUT2D eigenvalue weighted by Crippen LogP contribution is -2.44. The molecule has 2 nitrogen and oxygen atoms in total. The molecule has 0 aromatic heterocycles. The van der Waals surface area contributed by atoms with Gasteiger partial charge >= 0.3 is 0 Å². The van der Waals surface area contributed by atoms with E-state index in [0.29, 0.717) is 12.1 Å². The van der Waals surface area contributed by atoms with Crippen molar-refractivity contribution in [3.8, 4) is 0 Å². The molecule has 0 saturated carbocycles. The lowest BCUT2D eigenvalue weighted by molar-refractivity contribution is -0.124. The molecular weight excluding hydrogens is 344 g/mol. The zero-order valence-electron chi connectivity index (χ0n) is 15.6. The topological polar surface area (TPSA) is 20.3 Å². The van der Waals surface area contributed by atoms with Crippen LogP contribution in [0.4, 0.5) is 8.78 Å². The van der Waals surface area contributed by atoms with E-state index >= 15 is 0 Å². The molecule has 4 rings (SSSR count). The Morgan fingerprint density at radius 3 is 2.33 bits per heavy atom. The summed E-state index contributed by atoms with van der Waals surface area (Å²) in [6.45, 7) is 2.46. The van der Waals surface area contributed by atoms with E-state index in [4.69, 9.17) is 0 Å². The second-order valence-corrected chi connectivity index (χ2v) is 8.02. The Morgan fingerprint density at radius 2 is 1.67 bits per heavy atom. The van der Waals surface area contributed by atoms with Crippen molar-refractivity contribution in [2.75, 3.05) is 0 Å². The number of fused-ring (bicyclic) bond motifs is 2. The van der Waals surface area contributed by atoms with Crippen molar-refractivity contribution in [3.63, 3.8) is 0 Å². The summed E-state index contributed by atoms with van der Waals surface area (Å²) in [7, 11) is 0. The number of hydrogen-bond donors (Lipinski definition) is 0. The van der Waals surface area contributed by atoms with E-state index in [9.17, 15) is 13.6 Å². The third-order valence-corrected chi connectivity index (χ3v) is 6.27. The first-order chi connectivity index (χ1) is 13.0. The van der Waals surface area contributed by atoms with Crippen molar-refractivity contribution < 1.29 is 13.6 Å². The molecule has 2 aliphatic heterocycles. The number of nitrogens with zero attached hydrogens (tertiary/aromatic N) is 1. The predicted molar refractivity (Wildman–Crippen MR) is 101 cm³/mol. The molecular formula is C23H25F2NO. The second-order valence-electron chi connectivity index (χ2n) is 8.02. The zero-order chi connectivity index (χ0) is 19.0. The van der Waals surface area contributed by atoms with E-state index in [0.717, 1.165) is 32.2 Å². The fraction of sp³-hybridized carbons (Fsp3) is 0.435. The van der Waals surface area contributed by atoms with Crippen molar-refractivity contribution in [2.45, 2.75) is 57.7 Å². The van der Waals surface area contributed by atoms with Crippen LogP contribution < -0.4 is 0 Å². The average Bonchev–Trinajstić information content (AvgIpc) is 2.90. The van der Waals surface area contributed by atoms with Crippen molar-refractivity contribution >= 4 is 5.78 Å². The van der Waals surface area contributed by atoms with Gasteiger partial charge in [-0.05, 0) is 49.3 Å². The van der Waals surface area contributed by atoms with Crippen LogP contribution in [0.15, 0.2) is 42.5 Å². The smallest absolute Gasteiger partial charge is 0.162 e. The standard InChI is InChI=1S/C23H25F2NO/c1-15-7-8-17(23(25)22(15)24)13-21(27)18-11-19-9-10-20(12-18)26(19)14-16-5-3-2-4-6-16/h2-8,18-20H,9-14H2,1H3. The molecule has 2 aliphatic rings. The van der Waals surface area contributed by atoms with Gasteiger partial charge in [-0.15, -0.1) is 0 Å². The third kappa shape index (κ3) is 3.68.